The predicted molar refractivity (Wildman–Crippen MR) is 167 cm³/mol. The van der Waals surface area contributed by atoms with Crippen molar-refractivity contribution in [2.75, 3.05) is 33.3 Å². The van der Waals surface area contributed by atoms with Crippen LogP contribution in [0.2, 0.25) is 0 Å². The van der Waals surface area contributed by atoms with E-state index in [1.807, 2.05) is 27.8 Å². The minimum Gasteiger partial charge on any atom is -0.465 e. The Morgan fingerprint density at radius 1 is 0.947 bits per heavy atom. The van der Waals surface area contributed by atoms with E-state index >= 15 is 0 Å². The zero-order valence-corrected chi connectivity index (χ0v) is 27.3. The summed E-state index contributed by atoms with van der Waals surface area (Å²) in [6.07, 6.45) is 2.45. The lowest BCUT2D eigenvalue weighted by Gasteiger charge is -2.53. The highest BCUT2D eigenvalue weighted by Crippen LogP contribution is 2.57. The van der Waals surface area contributed by atoms with E-state index in [9.17, 15) is 4.79 Å². The van der Waals surface area contributed by atoms with E-state index in [-0.39, 0.29) is 22.2 Å². The number of ether oxygens (including phenoxy) is 1. The molecule has 4 N–H and O–H groups in total. The third-order valence-electron chi connectivity index (χ3n) is 8.95. The van der Waals surface area contributed by atoms with Gasteiger partial charge in [0.05, 0.1) is 12.0 Å². The lowest BCUT2D eigenvalue weighted by Crippen LogP contribution is -2.57. The number of nitrogens with two attached hydrogens (primary N) is 1. The molecule has 220 valence electrons. The maximum absolute atomic E-state index is 13.7. The smallest absolute Gasteiger partial charge is 0.313 e. The zero-order chi connectivity index (χ0) is 29.4. The van der Waals surface area contributed by atoms with Crippen LogP contribution in [0.25, 0.3) is 0 Å². The fourth-order valence-corrected chi connectivity index (χ4v) is 5.47. The van der Waals surface area contributed by atoms with Crippen LogP contribution in [0.3, 0.4) is 0 Å². The first kappa shape index (κ1) is 34.9. The van der Waals surface area contributed by atoms with Gasteiger partial charge in [0.15, 0.2) is 0 Å². The molecule has 2 atom stereocenters. The highest BCUT2D eigenvalue weighted by Gasteiger charge is 2.54. The number of hydrogen-bond donors (Lipinski definition) is 4. The molecule has 6 heteroatoms. The number of benzene rings is 1. The third-order valence-corrected chi connectivity index (χ3v) is 9.31. The van der Waals surface area contributed by atoms with Crippen LogP contribution in [0, 0.1) is 21.7 Å². The largest absolute Gasteiger partial charge is 0.465 e. The molecule has 0 saturated heterocycles. The maximum Gasteiger partial charge on any atom is 0.313 e. The Morgan fingerprint density at radius 2 is 1.53 bits per heavy atom. The van der Waals surface area contributed by atoms with Gasteiger partial charge in [-0.05, 0) is 86.9 Å². The number of likely N-dealkylation sites (N-methyl/N-ethyl adjacent to an activating group) is 1. The number of thiol groups is 1. The minimum absolute atomic E-state index is 0.132. The lowest BCUT2D eigenvalue weighted by atomic mass is 9.51. The van der Waals surface area contributed by atoms with Crippen molar-refractivity contribution in [2.24, 2.45) is 27.4 Å². The van der Waals surface area contributed by atoms with Crippen molar-refractivity contribution in [2.45, 2.75) is 106 Å². The highest BCUT2D eigenvalue weighted by molar-refractivity contribution is 7.79. The van der Waals surface area contributed by atoms with Gasteiger partial charge < -0.3 is 21.1 Å². The molecule has 0 aromatic heterocycles. The molecular weight excluding hydrogens is 490 g/mol. The van der Waals surface area contributed by atoms with E-state index in [1.54, 1.807) is 0 Å². The summed E-state index contributed by atoms with van der Waals surface area (Å²) in [5, 5.41) is 6.48. The van der Waals surface area contributed by atoms with Crippen LogP contribution in [-0.2, 0) is 15.3 Å². The molecule has 0 spiro atoms. The number of carbonyl (C=O) groups is 1. The quantitative estimate of drug-likeness (QED) is 0.107. The van der Waals surface area contributed by atoms with Gasteiger partial charge in [0.25, 0.3) is 0 Å². The Balaban J connectivity index is 3.24. The molecule has 0 aliphatic carbocycles. The zero-order valence-electron chi connectivity index (χ0n) is 26.4. The van der Waals surface area contributed by atoms with Gasteiger partial charge in [0, 0.05) is 24.4 Å². The molecule has 0 fully saturated rings. The third kappa shape index (κ3) is 9.53. The summed E-state index contributed by atoms with van der Waals surface area (Å²) in [7, 11) is 1.94. The molecule has 1 aromatic rings. The van der Waals surface area contributed by atoms with E-state index in [0.717, 1.165) is 38.2 Å². The Kier molecular flexibility index (Phi) is 12.9. The molecule has 0 heterocycles. The van der Waals surface area contributed by atoms with Crippen molar-refractivity contribution in [3.8, 4) is 0 Å². The van der Waals surface area contributed by atoms with Crippen LogP contribution in [0.15, 0.2) is 24.3 Å². The monoisotopic (exact) mass is 549 g/mol. The first-order valence-corrected chi connectivity index (χ1v) is 15.0. The van der Waals surface area contributed by atoms with E-state index in [0.29, 0.717) is 18.9 Å². The van der Waals surface area contributed by atoms with E-state index in [1.165, 1.54) is 11.1 Å². The number of carbonyl (C=O) groups excluding carboxylic acids is 1. The van der Waals surface area contributed by atoms with Gasteiger partial charge in [-0.2, -0.15) is 12.6 Å². The second-order valence-corrected chi connectivity index (χ2v) is 14.7. The van der Waals surface area contributed by atoms with Crippen LogP contribution in [0.4, 0.5) is 0 Å². The number of esters is 1. The molecule has 0 bridgehead atoms. The van der Waals surface area contributed by atoms with Crippen molar-refractivity contribution in [1.29, 1.82) is 0 Å². The second-order valence-electron chi connectivity index (χ2n) is 14.4. The molecule has 5 nitrogen and oxygen atoms in total. The molecule has 0 amide bonds. The summed E-state index contributed by atoms with van der Waals surface area (Å²) in [4.78, 5) is 13.7. The molecule has 0 saturated carbocycles. The van der Waals surface area contributed by atoms with Gasteiger partial charge in [-0.3, -0.25) is 4.79 Å². The molecular formula is C32H59N3O2S. The van der Waals surface area contributed by atoms with Crippen LogP contribution >= 0.6 is 12.6 Å². The second kappa shape index (κ2) is 14.0. The number of rotatable bonds is 16. The van der Waals surface area contributed by atoms with Gasteiger partial charge in [-0.15, -0.1) is 0 Å². The SMILES string of the molecule is CNCCNCCCOC(=O)C(C)(CC(C)(C)C(C)(C)C(CC(C)(C)C)c1ccc(CS)cc1)C(C)(C)N. The molecule has 1 aromatic carbocycles. The van der Waals surface area contributed by atoms with E-state index in [2.05, 4.69) is 96.0 Å². The van der Waals surface area contributed by atoms with Crippen LogP contribution < -0.4 is 16.4 Å². The van der Waals surface area contributed by atoms with Crippen molar-refractivity contribution in [3.63, 3.8) is 0 Å². The lowest BCUT2D eigenvalue weighted by molar-refractivity contribution is -0.163. The van der Waals surface area contributed by atoms with E-state index < -0.39 is 11.0 Å². The summed E-state index contributed by atoms with van der Waals surface area (Å²) in [5.41, 5.74) is 7.53. The molecule has 2 unspecified atom stereocenters. The Morgan fingerprint density at radius 3 is 2.00 bits per heavy atom. The first-order chi connectivity index (χ1) is 17.3. The van der Waals surface area contributed by atoms with E-state index in [4.69, 9.17) is 10.5 Å². The number of nitrogens with one attached hydrogen (secondary N) is 2. The van der Waals surface area contributed by atoms with Gasteiger partial charge in [-0.1, -0.05) is 72.7 Å². The average Bonchev–Trinajstić information content (AvgIpc) is 2.80. The normalized spacial score (nSPS) is 15.7. The minimum atomic E-state index is -0.838. The molecule has 1 rings (SSSR count). The summed E-state index contributed by atoms with van der Waals surface area (Å²) < 4.78 is 5.87. The van der Waals surface area contributed by atoms with Crippen LogP contribution in [-0.4, -0.2) is 44.8 Å². The maximum atomic E-state index is 13.7. The topological polar surface area (TPSA) is 76.4 Å². The highest BCUT2D eigenvalue weighted by atomic mass is 32.1. The van der Waals surface area contributed by atoms with Crippen molar-refractivity contribution in [3.05, 3.63) is 35.4 Å². The van der Waals surface area contributed by atoms with Gasteiger partial charge in [0.2, 0.25) is 0 Å². The Hall–Kier alpha value is -1.08. The number of hydrogen-bond acceptors (Lipinski definition) is 6. The summed E-state index contributed by atoms with van der Waals surface area (Å²) in [5.74, 6) is 0.836. The standard InChI is InChI=1S/C32H59N3O2S/c1-28(2,3)21-26(25-15-13-24(22-38)14-16-25)30(6,7)29(4,5)23-32(10,31(8,9)33)27(36)37-20-12-17-35-19-18-34-11/h13-16,26,34-35,38H,12,17-23,33H2,1-11H3. The summed E-state index contributed by atoms with van der Waals surface area (Å²) >= 11 is 4.45. The first-order valence-electron chi connectivity index (χ1n) is 14.3. The van der Waals surface area contributed by atoms with Crippen molar-refractivity contribution >= 4 is 18.6 Å². The molecule has 0 radical (unpaired) electrons. The van der Waals surface area contributed by atoms with Gasteiger partial charge in [0.1, 0.15) is 0 Å². The fourth-order valence-electron chi connectivity index (χ4n) is 5.26. The fraction of sp³-hybridized carbons (Fsp3) is 0.781. The van der Waals surface area contributed by atoms with Crippen molar-refractivity contribution in [1.82, 2.24) is 10.6 Å². The Bertz CT molecular complexity index is 853. The molecule has 0 aliphatic heterocycles. The van der Waals surface area contributed by atoms with Crippen LogP contribution in [0.1, 0.15) is 106 Å². The molecule has 38 heavy (non-hydrogen) atoms. The van der Waals surface area contributed by atoms with Crippen molar-refractivity contribution < 1.29 is 9.53 Å². The summed E-state index contributed by atoms with van der Waals surface area (Å²) in [6, 6.07) is 8.92. The predicted octanol–water partition coefficient (Wildman–Crippen LogP) is 6.56. The molecule has 0 aliphatic rings. The average molecular weight is 550 g/mol. The Labute approximate surface area is 240 Å². The summed E-state index contributed by atoms with van der Waals surface area (Å²) in [6.45, 7) is 25.2. The van der Waals surface area contributed by atoms with Crippen LogP contribution in [0.5, 0.6) is 0 Å². The van der Waals surface area contributed by atoms with Gasteiger partial charge >= 0.3 is 5.97 Å². The van der Waals surface area contributed by atoms with Gasteiger partial charge in [-0.25, -0.2) is 0 Å².